The smallest absolute Gasteiger partial charge is 0.223 e. The van der Waals surface area contributed by atoms with Crippen molar-refractivity contribution in [3.63, 3.8) is 0 Å². The van der Waals surface area contributed by atoms with Crippen LogP contribution >= 0.6 is 0 Å². The Hall–Kier alpha value is -1.35. The largest absolute Gasteiger partial charge is 0.356 e. The van der Waals surface area contributed by atoms with Gasteiger partial charge in [-0.1, -0.05) is 30.3 Å². The fourth-order valence-electron chi connectivity index (χ4n) is 3.06. The third kappa shape index (κ3) is 3.16. The van der Waals surface area contributed by atoms with E-state index in [4.69, 9.17) is 0 Å². The quantitative estimate of drug-likeness (QED) is 0.848. The second kappa shape index (κ2) is 5.74. The van der Waals surface area contributed by atoms with Crippen LogP contribution in [-0.4, -0.2) is 25.0 Å². The van der Waals surface area contributed by atoms with Gasteiger partial charge in [0.05, 0.1) is 0 Å². The number of amides is 1. The highest BCUT2D eigenvalue weighted by atomic mass is 16.2. The van der Waals surface area contributed by atoms with E-state index in [9.17, 15) is 4.79 Å². The fraction of sp³-hybridized carbons (Fsp3) is 0.562. The summed E-state index contributed by atoms with van der Waals surface area (Å²) in [6, 6.07) is 11.0. The van der Waals surface area contributed by atoms with E-state index in [0.717, 1.165) is 25.9 Å². The summed E-state index contributed by atoms with van der Waals surface area (Å²) in [4.78, 5) is 12.0. The molecule has 0 bridgehead atoms. The molecule has 2 fully saturated rings. The Bertz CT molecular complexity index is 426. The number of hydrogen-bond acceptors (Lipinski definition) is 2. The average molecular weight is 258 g/mol. The average Bonchev–Trinajstić information content (AvgIpc) is 3.09. The minimum Gasteiger partial charge on any atom is -0.356 e. The van der Waals surface area contributed by atoms with Crippen LogP contribution in [0.3, 0.4) is 0 Å². The van der Waals surface area contributed by atoms with Crippen LogP contribution in [0.1, 0.15) is 37.2 Å². The number of rotatable bonds is 5. The first-order chi connectivity index (χ1) is 9.34. The van der Waals surface area contributed by atoms with Crippen molar-refractivity contribution in [1.82, 2.24) is 10.6 Å². The molecule has 3 rings (SSSR count). The normalized spacial score (nSPS) is 29.2. The summed E-state index contributed by atoms with van der Waals surface area (Å²) in [6.45, 7) is 1.95. The lowest BCUT2D eigenvalue weighted by molar-refractivity contribution is -0.122. The minimum absolute atomic E-state index is 0.207. The Balaban J connectivity index is 1.40. The Morgan fingerprint density at radius 1 is 1.32 bits per heavy atom. The maximum atomic E-state index is 12.0. The maximum Gasteiger partial charge on any atom is 0.223 e. The lowest BCUT2D eigenvalue weighted by Crippen LogP contribution is -2.31. The molecule has 1 aromatic carbocycles. The summed E-state index contributed by atoms with van der Waals surface area (Å²) in [5.74, 6) is 0.900. The van der Waals surface area contributed by atoms with Gasteiger partial charge in [-0.25, -0.2) is 0 Å². The molecule has 2 N–H and O–H groups in total. The Kier molecular flexibility index (Phi) is 3.83. The van der Waals surface area contributed by atoms with Gasteiger partial charge in [-0.2, -0.15) is 0 Å². The molecule has 3 heteroatoms. The molecule has 3 atom stereocenters. The topological polar surface area (TPSA) is 41.1 Å². The standard InChI is InChI=1S/C16H22N2O/c19-16(18-10-8-13-7-4-9-17-13)15-11-14(15)12-5-2-1-3-6-12/h1-3,5-6,13-15,17H,4,7-11H2,(H,18,19)/t13-,14?,15?/m0/s1. The zero-order valence-corrected chi connectivity index (χ0v) is 11.3. The van der Waals surface area contributed by atoms with Crippen LogP contribution in [0.15, 0.2) is 30.3 Å². The summed E-state index contributed by atoms with van der Waals surface area (Å²) in [5, 5.41) is 6.55. The van der Waals surface area contributed by atoms with Gasteiger partial charge in [0.25, 0.3) is 0 Å². The molecule has 19 heavy (non-hydrogen) atoms. The van der Waals surface area contributed by atoms with Crippen LogP contribution in [0.4, 0.5) is 0 Å². The van der Waals surface area contributed by atoms with Crippen LogP contribution in [0, 0.1) is 5.92 Å². The van der Waals surface area contributed by atoms with Crippen LogP contribution in [0.25, 0.3) is 0 Å². The first-order valence-electron chi connectivity index (χ1n) is 7.40. The summed E-state index contributed by atoms with van der Waals surface area (Å²) >= 11 is 0. The zero-order chi connectivity index (χ0) is 13.1. The lowest BCUT2D eigenvalue weighted by Gasteiger charge is -2.10. The molecular weight excluding hydrogens is 236 g/mol. The van der Waals surface area contributed by atoms with Gasteiger partial charge in [-0.05, 0) is 43.7 Å². The molecule has 1 amide bonds. The van der Waals surface area contributed by atoms with E-state index in [2.05, 4.69) is 22.8 Å². The fourth-order valence-corrected chi connectivity index (χ4v) is 3.06. The van der Waals surface area contributed by atoms with E-state index < -0.39 is 0 Å². The third-order valence-electron chi connectivity index (χ3n) is 4.31. The van der Waals surface area contributed by atoms with Crippen LogP contribution in [0.5, 0.6) is 0 Å². The predicted molar refractivity (Wildman–Crippen MR) is 75.9 cm³/mol. The molecule has 1 aliphatic carbocycles. The van der Waals surface area contributed by atoms with Crippen LogP contribution < -0.4 is 10.6 Å². The van der Waals surface area contributed by atoms with E-state index in [1.54, 1.807) is 0 Å². The molecule has 3 nitrogen and oxygen atoms in total. The lowest BCUT2D eigenvalue weighted by atomic mass is 10.1. The highest BCUT2D eigenvalue weighted by Gasteiger charge is 2.43. The van der Waals surface area contributed by atoms with Crippen molar-refractivity contribution in [2.75, 3.05) is 13.1 Å². The summed E-state index contributed by atoms with van der Waals surface area (Å²) < 4.78 is 0. The monoisotopic (exact) mass is 258 g/mol. The number of carbonyl (C=O) groups excluding carboxylic acids is 1. The van der Waals surface area contributed by atoms with Gasteiger partial charge in [0.15, 0.2) is 0 Å². The molecule has 2 unspecified atom stereocenters. The number of hydrogen-bond donors (Lipinski definition) is 2. The second-order valence-corrected chi connectivity index (χ2v) is 5.73. The summed E-state index contributed by atoms with van der Waals surface area (Å²) in [5.41, 5.74) is 1.31. The Morgan fingerprint density at radius 3 is 2.89 bits per heavy atom. The van der Waals surface area contributed by atoms with Crippen molar-refractivity contribution in [1.29, 1.82) is 0 Å². The van der Waals surface area contributed by atoms with Gasteiger partial charge in [-0.3, -0.25) is 4.79 Å². The molecule has 2 aliphatic rings. The van der Waals surface area contributed by atoms with E-state index in [1.807, 2.05) is 18.2 Å². The summed E-state index contributed by atoms with van der Waals surface area (Å²) in [7, 11) is 0. The first-order valence-corrected chi connectivity index (χ1v) is 7.40. The maximum absolute atomic E-state index is 12.0. The minimum atomic E-state index is 0.207. The van der Waals surface area contributed by atoms with Gasteiger partial charge >= 0.3 is 0 Å². The predicted octanol–water partition coefficient (Wildman–Crippen LogP) is 2.05. The molecule has 0 spiro atoms. The first kappa shape index (κ1) is 12.7. The van der Waals surface area contributed by atoms with E-state index in [1.165, 1.54) is 18.4 Å². The second-order valence-electron chi connectivity index (χ2n) is 5.73. The Labute approximate surface area is 114 Å². The van der Waals surface area contributed by atoms with E-state index in [0.29, 0.717) is 12.0 Å². The van der Waals surface area contributed by atoms with Gasteiger partial charge in [-0.15, -0.1) is 0 Å². The van der Waals surface area contributed by atoms with Gasteiger partial charge in [0.2, 0.25) is 5.91 Å². The summed E-state index contributed by atoms with van der Waals surface area (Å²) in [6.07, 6.45) is 4.61. The number of carbonyl (C=O) groups is 1. The van der Waals surface area contributed by atoms with E-state index in [-0.39, 0.29) is 11.8 Å². The van der Waals surface area contributed by atoms with Crippen molar-refractivity contribution in [3.05, 3.63) is 35.9 Å². The molecule has 102 valence electrons. The molecular formula is C16H22N2O. The highest BCUT2D eigenvalue weighted by Crippen LogP contribution is 2.47. The molecule has 0 aromatic heterocycles. The number of nitrogens with one attached hydrogen (secondary N) is 2. The van der Waals surface area contributed by atoms with Crippen molar-refractivity contribution < 1.29 is 4.79 Å². The van der Waals surface area contributed by atoms with Crippen molar-refractivity contribution in [2.24, 2.45) is 5.92 Å². The molecule has 1 saturated heterocycles. The molecule has 1 aromatic rings. The Morgan fingerprint density at radius 2 is 2.16 bits per heavy atom. The SMILES string of the molecule is O=C(NCC[C@@H]1CCCN1)C1CC1c1ccccc1. The van der Waals surface area contributed by atoms with Gasteiger partial charge in [0, 0.05) is 18.5 Å². The molecule has 0 radical (unpaired) electrons. The van der Waals surface area contributed by atoms with Crippen molar-refractivity contribution in [3.8, 4) is 0 Å². The third-order valence-corrected chi connectivity index (χ3v) is 4.31. The highest BCUT2D eigenvalue weighted by molar-refractivity contribution is 5.82. The van der Waals surface area contributed by atoms with E-state index >= 15 is 0 Å². The van der Waals surface area contributed by atoms with Crippen LogP contribution in [0.2, 0.25) is 0 Å². The van der Waals surface area contributed by atoms with Gasteiger partial charge < -0.3 is 10.6 Å². The van der Waals surface area contributed by atoms with Gasteiger partial charge in [0.1, 0.15) is 0 Å². The number of benzene rings is 1. The zero-order valence-electron chi connectivity index (χ0n) is 11.3. The molecule has 1 saturated carbocycles. The molecule has 1 aliphatic heterocycles. The van der Waals surface area contributed by atoms with Crippen LogP contribution in [-0.2, 0) is 4.79 Å². The van der Waals surface area contributed by atoms with Crippen molar-refractivity contribution >= 4 is 5.91 Å². The van der Waals surface area contributed by atoms with Crippen molar-refractivity contribution in [2.45, 2.75) is 37.6 Å². The molecule has 1 heterocycles.